The highest BCUT2D eigenvalue weighted by Crippen LogP contribution is 2.43. The molecular formula is C11H15N2O2P. The first-order chi connectivity index (χ1) is 7.79. The van der Waals surface area contributed by atoms with Crippen LogP contribution in [0.4, 0.5) is 0 Å². The monoisotopic (exact) mass is 238 g/mol. The van der Waals surface area contributed by atoms with Gasteiger partial charge in [0.05, 0.1) is 18.3 Å². The van der Waals surface area contributed by atoms with Crippen molar-refractivity contribution in [2.24, 2.45) is 0 Å². The van der Waals surface area contributed by atoms with E-state index in [4.69, 9.17) is 4.74 Å². The standard InChI is InChI=1S/C11H15N2O2P/c1-2-15-11(14)10-9(13(10)7-16)8-5-3-4-6-12-8/h3-6,9-10H,2,7,16H2,1H3/t9-,10-,13?/m1/s1. The summed E-state index contributed by atoms with van der Waals surface area (Å²) in [6.45, 7) is 2.25. The summed E-state index contributed by atoms with van der Waals surface area (Å²) in [5.41, 5.74) is 0.933. The molecule has 0 radical (unpaired) electrons. The predicted molar refractivity (Wildman–Crippen MR) is 63.8 cm³/mol. The van der Waals surface area contributed by atoms with Crippen molar-refractivity contribution < 1.29 is 9.53 Å². The minimum Gasteiger partial charge on any atom is -0.465 e. The van der Waals surface area contributed by atoms with Crippen LogP contribution in [0.15, 0.2) is 24.4 Å². The van der Waals surface area contributed by atoms with Gasteiger partial charge in [-0.25, -0.2) is 0 Å². The van der Waals surface area contributed by atoms with Crippen LogP contribution in [0.2, 0.25) is 0 Å². The van der Waals surface area contributed by atoms with Crippen LogP contribution < -0.4 is 0 Å². The maximum atomic E-state index is 11.7. The van der Waals surface area contributed by atoms with Crippen LogP contribution in [-0.4, -0.2) is 34.8 Å². The van der Waals surface area contributed by atoms with E-state index in [-0.39, 0.29) is 18.1 Å². The molecule has 4 nitrogen and oxygen atoms in total. The third kappa shape index (κ3) is 2.08. The van der Waals surface area contributed by atoms with Gasteiger partial charge in [-0.1, -0.05) is 6.07 Å². The Labute approximate surface area is 97.2 Å². The zero-order valence-electron chi connectivity index (χ0n) is 9.17. The van der Waals surface area contributed by atoms with Gasteiger partial charge in [-0.05, 0) is 19.1 Å². The van der Waals surface area contributed by atoms with Gasteiger partial charge in [0.2, 0.25) is 0 Å². The van der Waals surface area contributed by atoms with E-state index in [0.717, 1.165) is 12.0 Å². The average Bonchev–Trinajstić information content (AvgIpc) is 3.05. The van der Waals surface area contributed by atoms with E-state index in [1.165, 1.54) is 0 Å². The number of hydrogen-bond acceptors (Lipinski definition) is 4. The molecule has 1 aliphatic heterocycles. The minimum absolute atomic E-state index is 0.0812. The molecule has 0 bridgehead atoms. The molecule has 4 atom stereocenters. The molecule has 0 aromatic carbocycles. The summed E-state index contributed by atoms with van der Waals surface area (Å²) < 4.78 is 5.03. The summed E-state index contributed by atoms with van der Waals surface area (Å²) in [6, 6.07) is 5.67. The van der Waals surface area contributed by atoms with Gasteiger partial charge in [-0.2, -0.15) is 0 Å². The second-order valence-corrected chi connectivity index (χ2v) is 3.96. The molecule has 16 heavy (non-hydrogen) atoms. The molecular weight excluding hydrogens is 223 g/mol. The second-order valence-electron chi connectivity index (χ2n) is 3.59. The average molecular weight is 238 g/mol. The number of rotatable bonds is 4. The molecule has 0 amide bonds. The number of carbonyl (C=O) groups is 1. The van der Waals surface area contributed by atoms with Crippen molar-refractivity contribution in [2.75, 3.05) is 12.9 Å². The first-order valence-electron chi connectivity index (χ1n) is 5.33. The van der Waals surface area contributed by atoms with Gasteiger partial charge in [-0.15, -0.1) is 9.24 Å². The highest BCUT2D eigenvalue weighted by Gasteiger charge is 2.54. The van der Waals surface area contributed by atoms with Crippen LogP contribution in [0.3, 0.4) is 0 Å². The lowest BCUT2D eigenvalue weighted by atomic mass is 10.2. The van der Waals surface area contributed by atoms with E-state index in [0.29, 0.717) is 6.61 Å². The maximum absolute atomic E-state index is 11.7. The van der Waals surface area contributed by atoms with Gasteiger partial charge in [0.25, 0.3) is 0 Å². The Morgan fingerprint density at radius 2 is 2.44 bits per heavy atom. The molecule has 1 aromatic heterocycles. The Bertz CT molecular complexity index is 372. The summed E-state index contributed by atoms with van der Waals surface area (Å²) in [5.74, 6) is -0.152. The van der Waals surface area contributed by atoms with Crippen molar-refractivity contribution >= 4 is 15.2 Å². The molecule has 0 saturated carbocycles. The molecule has 1 aliphatic rings. The van der Waals surface area contributed by atoms with Gasteiger partial charge in [0.1, 0.15) is 6.04 Å². The van der Waals surface area contributed by atoms with E-state index >= 15 is 0 Å². The molecule has 5 heteroatoms. The first kappa shape index (κ1) is 11.5. The van der Waals surface area contributed by atoms with Crippen molar-refractivity contribution in [3.05, 3.63) is 30.1 Å². The third-order valence-corrected chi connectivity index (χ3v) is 3.08. The SMILES string of the molecule is CCOC(=O)[C@H]1[C@@H](c2ccccn2)N1CP. The zero-order chi connectivity index (χ0) is 11.5. The lowest BCUT2D eigenvalue weighted by molar-refractivity contribution is -0.143. The Hall–Kier alpha value is -0.990. The van der Waals surface area contributed by atoms with Gasteiger partial charge in [0.15, 0.2) is 0 Å². The fourth-order valence-electron chi connectivity index (χ4n) is 1.88. The molecule has 1 saturated heterocycles. The van der Waals surface area contributed by atoms with Gasteiger partial charge >= 0.3 is 5.97 Å². The predicted octanol–water partition coefficient (Wildman–Crippen LogP) is 1.20. The fraction of sp³-hybridized carbons (Fsp3) is 0.455. The van der Waals surface area contributed by atoms with Gasteiger partial charge < -0.3 is 4.74 Å². The Morgan fingerprint density at radius 1 is 1.62 bits per heavy atom. The van der Waals surface area contributed by atoms with E-state index in [9.17, 15) is 4.79 Å². The highest BCUT2D eigenvalue weighted by atomic mass is 31.0. The molecule has 2 rings (SSSR count). The van der Waals surface area contributed by atoms with Crippen LogP contribution in [0.5, 0.6) is 0 Å². The minimum atomic E-state index is -0.160. The van der Waals surface area contributed by atoms with Crippen molar-refractivity contribution in [3.63, 3.8) is 0 Å². The van der Waals surface area contributed by atoms with Crippen LogP contribution in [0, 0.1) is 0 Å². The largest absolute Gasteiger partial charge is 0.465 e. The van der Waals surface area contributed by atoms with E-state index < -0.39 is 0 Å². The number of carbonyl (C=O) groups excluding carboxylic acids is 1. The molecule has 2 unspecified atom stereocenters. The van der Waals surface area contributed by atoms with Crippen LogP contribution in [0.1, 0.15) is 18.7 Å². The summed E-state index contributed by atoms with van der Waals surface area (Å²) in [7, 11) is 2.63. The number of nitrogens with zero attached hydrogens (tertiary/aromatic N) is 2. The molecule has 86 valence electrons. The zero-order valence-corrected chi connectivity index (χ0v) is 10.3. The van der Waals surface area contributed by atoms with Crippen molar-refractivity contribution in [3.8, 4) is 0 Å². The molecule has 0 N–H and O–H groups in total. The Balaban J connectivity index is 2.09. The highest BCUT2D eigenvalue weighted by molar-refractivity contribution is 7.16. The second kappa shape index (κ2) is 4.89. The van der Waals surface area contributed by atoms with E-state index in [1.54, 1.807) is 6.20 Å². The van der Waals surface area contributed by atoms with Gasteiger partial charge in [0, 0.05) is 12.5 Å². The normalized spacial score (nSPS) is 27.5. The summed E-state index contributed by atoms with van der Waals surface area (Å²) >= 11 is 0. The maximum Gasteiger partial charge on any atom is 0.325 e. The fourth-order valence-corrected chi connectivity index (χ4v) is 2.33. The van der Waals surface area contributed by atoms with E-state index in [1.807, 2.05) is 30.0 Å². The summed E-state index contributed by atoms with van der Waals surface area (Å²) in [5, 5.41) is 0. The topological polar surface area (TPSA) is 42.2 Å². The molecule has 2 heterocycles. The first-order valence-corrected chi connectivity index (χ1v) is 6.14. The smallest absolute Gasteiger partial charge is 0.325 e. The van der Waals surface area contributed by atoms with Crippen LogP contribution in [-0.2, 0) is 9.53 Å². The van der Waals surface area contributed by atoms with Crippen molar-refractivity contribution in [1.29, 1.82) is 0 Å². The molecule has 1 fully saturated rings. The van der Waals surface area contributed by atoms with Crippen LogP contribution in [0.25, 0.3) is 0 Å². The molecule has 0 aliphatic carbocycles. The number of esters is 1. The Morgan fingerprint density at radius 3 is 3.00 bits per heavy atom. The number of ether oxygens (including phenoxy) is 1. The quantitative estimate of drug-likeness (QED) is 0.449. The molecule has 0 spiro atoms. The van der Waals surface area contributed by atoms with Crippen LogP contribution >= 0.6 is 9.24 Å². The lowest BCUT2D eigenvalue weighted by Gasteiger charge is -1.98. The summed E-state index contributed by atoms with van der Waals surface area (Å²) in [6.07, 6.45) is 2.50. The number of aromatic nitrogens is 1. The van der Waals surface area contributed by atoms with Crippen molar-refractivity contribution in [2.45, 2.75) is 19.0 Å². The number of hydrogen-bond donors (Lipinski definition) is 0. The number of pyridine rings is 1. The van der Waals surface area contributed by atoms with Gasteiger partial charge in [-0.3, -0.25) is 14.7 Å². The van der Waals surface area contributed by atoms with E-state index in [2.05, 4.69) is 14.2 Å². The summed E-state index contributed by atoms with van der Waals surface area (Å²) in [4.78, 5) is 18.0. The third-order valence-electron chi connectivity index (χ3n) is 2.65. The Kier molecular flexibility index (Phi) is 3.52. The van der Waals surface area contributed by atoms with Crippen molar-refractivity contribution in [1.82, 2.24) is 9.88 Å². The molecule has 1 aromatic rings. The lowest BCUT2D eigenvalue weighted by Crippen LogP contribution is -2.15.